The van der Waals surface area contributed by atoms with E-state index in [0.29, 0.717) is 34.7 Å². The summed E-state index contributed by atoms with van der Waals surface area (Å²) in [4.78, 5) is 17.8. The van der Waals surface area contributed by atoms with Crippen molar-refractivity contribution >= 4 is 27.4 Å². The summed E-state index contributed by atoms with van der Waals surface area (Å²) in [6.45, 7) is 6.23. The van der Waals surface area contributed by atoms with Crippen LogP contribution in [0.15, 0.2) is 32.9 Å². The number of hydrogen-bond acceptors (Lipinski definition) is 5. The van der Waals surface area contributed by atoms with Crippen molar-refractivity contribution in [1.29, 1.82) is 5.26 Å². The number of carbonyl (C=O) groups is 1. The Morgan fingerprint density at radius 3 is 2.75 bits per heavy atom. The maximum absolute atomic E-state index is 13.1. The number of phenols is 1. The minimum atomic E-state index is -0.517. The van der Waals surface area contributed by atoms with Crippen molar-refractivity contribution in [2.24, 2.45) is 16.8 Å². The van der Waals surface area contributed by atoms with E-state index in [-0.39, 0.29) is 11.5 Å². The predicted molar refractivity (Wildman–Crippen MR) is 112 cm³/mol. The van der Waals surface area contributed by atoms with Gasteiger partial charge in [0, 0.05) is 29.3 Å². The van der Waals surface area contributed by atoms with Gasteiger partial charge in [-0.3, -0.25) is 9.79 Å². The van der Waals surface area contributed by atoms with E-state index in [0.717, 1.165) is 36.2 Å². The normalized spacial score (nSPS) is 24.5. The lowest BCUT2D eigenvalue weighted by Gasteiger charge is -2.35. The molecule has 5 nitrogen and oxygen atoms in total. The maximum atomic E-state index is 13.1. The van der Waals surface area contributed by atoms with Gasteiger partial charge in [0.15, 0.2) is 17.3 Å². The highest BCUT2D eigenvalue weighted by Crippen LogP contribution is 2.47. The smallest absolute Gasteiger partial charge is 0.172 e. The molecule has 1 heterocycles. The van der Waals surface area contributed by atoms with Crippen LogP contribution in [0, 0.1) is 23.2 Å². The quantitative estimate of drug-likeness (QED) is 0.668. The fraction of sp³-hybridized carbons (Fsp3) is 0.500. The number of Topliss-reactive ketones (excluding diaryl/α,β-unsaturated/α-hetero) is 1. The second-order valence-electron chi connectivity index (χ2n) is 7.47. The number of phenolic OH excluding ortho intramolecular Hbond substituents is 1. The highest BCUT2D eigenvalue weighted by molar-refractivity contribution is 9.10. The van der Waals surface area contributed by atoms with Gasteiger partial charge in [-0.2, -0.15) is 5.26 Å². The van der Waals surface area contributed by atoms with Gasteiger partial charge in [0.25, 0.3) is 0 Å². The van der Waals surface area contributed by atoms with Crippen LogP contribution < -0.4 is 4.74 Å². The van der Waals surface area contributed by atoms with Gasteiger partial charge in [0.2, 0.25) is 0 Å². The van der Waals surface area contributed by atoms with Gasteiger partial charge < -0.3 is 9.84 Å². The molecule has 1 aliphatic heterocycles. The molecule has 3 atom stereocenters. The Hall–Kier alpha value is -2.13. The standard InChI is InChI=1S/C22H25BrN2O3/c1-4-6-13-7-17-21(18(26)8-13)20(15(11-24)12(3)25-17)14-9-16(23)22(27)19(10-14)28-5-2/h9-10,13,15,20,27H,4-8H2,1-3H3/t13-,15?,20+/m0/s1. The van der Waals surface area contributed by atoms with Crippen molar-refractivity contribution in [3.8, 4) is 17.6 Å². The molecule has 1 aromatic carbocycles. The first-order valence-electron chi connectivity index (χ1n) is 9.77. The molecular weight excluding hydrogens is 420 g/mol. The molecule has 0 amide bonds. The topological polar surface area (TPSA) is 82.7 Å². The van der Waals surface area contributed by atoms with Crippen LogP contribution in [-0.2, 0) is 4.79 Å². The van der Waals surface area contributed by atoms with E-state index >= 15 is 0 Å². The molecule has 0 spiro atoms. The van der Waals surface area contributed by atoms with Crippen molar-refractivity contribution in [2.45, 2.75) is 52.4 Å². The first-order chi connectivity index (χ1) is 13.4. The van der Waals surface area contributed by atoms with E-state index in [1.165, 1.54) is 0 Å². The van der Waals surface area contributed by atoms with Crippen molar-refractivity contribution in [3.63, 3.8) is 0 Å². The number of carbonyl (C=O) groups excluding carboxylic acids is 1. The van der Waals surface area contributed by atoms with Gasteiger partial charge in [-0.25, -0.2) is 0 Å². The Balaban J connectivity index is 2.14. The summed E-state index contributed by atoms with van der Waals surface area (Å²) < 4.78 is 6.05. The summed E-state index contributed by atoms with van der Waals surface area (Å²) in [5.74, 6) is -0.147. The molecule has 0 aromatic heterocycles. The van der Waals surface area contributed by atoms with E-state index in [9.17, 15) is 15.2 Å². The van der Waals surface area contributed by atoms with Crippen LogP contribution in [0.3, 0.4) is 0 Å². The summed E-state index contributed by atoms with van der Waals surface area (Å²) in [5.41, 5.74) is 3.00. The monoisotopic (exact) mass is 444 g/mol. The number of benzene rings is 1. The minimum absolute atomic E-state index is 0.0208. The molecule has 1 N–H and O–H groups in total. The van der Waals surface area contributed by atoms with Crippen LogP contribution in [0.25, 0.3) is 0 Å². The Labute approximate surface area is 174 Å². The lowest BCUT2D eigenvalue weighted by Crippen LogP contribution is -2.32. The van der Waals surface area contributed by atoms with Gasteiger partial charge in [0.05, 0.1) is 23.1 Å². The summed E-state index contributed by atoms with van der Waals surface area (Å²) in [6.07, 6.45) is 3.32. The average Bonchev–Trinajstić information content (AvgIpc) is 2.64. The summed E-state index contributed by atoms with van der Waals surface area (Å²) in [7, 11) is 0. The molecule has 1 aliphatic carbocycles. The Morgan fingerprint density at radius 1 is 1.36 bits per heavy atom. The van der Waals surface area contributed by atoms with E-state index in [4.69, 9.17) is 4.74 Å². The predicted octanol–water partition coefficient (Wildman–Crippen LogP) is 5.28. The molecule has 0 bridgehead atoms. The number of hydrogen-bond donors (Lipinski definition) is 1. The van der Waals surface area contributed by atoms with E-state index in [1.54, 1.807) is 12.1 Å². The lowest BCUT2D eigenvalue weighted by atomic mass is 9.70. The summed E-state index contributed by atoms with van der Waals surface area (Å²) in [6, 6.07) is 5.86. The first kappa shape index (κ1) is 20.6. The summed E-state index contributed by atoms with van der Waals surface area (Å²) in [5, 5.41) is 20.1. The number of ether oxygens (including phenoxy) is 1. The van der Waals surface area contributed by atoms with Gasteiger partial charge in [-0.15, -0.1) is 0 Å². The number of rotatable bonds is 5. The molecule has 148 valence electrons. The van der Waals surface area contributed by atoms with Gasteiger partial charge in [0.1, 0.15) is 0 Å². The molecule has 3 rings (SSSR count). The third-order valence-electron chi connectivity index (χ3n) is 5.52. The van der Waals surface area contributed by atoms with Crippen LogP contribution in [0.5, 0.6) is 11.5 Å². The van der Waals surface area contributed by atoms with E-state index < -0.39 is 11.8 Å². The van der Waals surface area contributed by atoms with Gasteiger partial charge >= 0.3 is 0 Å². The van der Waals surface area contributed by atoms with Crippen molar-refractivity contribution in [2.75, 3.05) is 6.61 Å². The fourth-order valence-electron chi connectivity index (χ4n) is 4.32. The van der Waals surface area contributed by atoms with Crippen LogP contribution in [-0.4, -0.2) is 23.2 Å². The second-order valence-corrected chi connectivity index (χ2v) is 8.32. The highest BCUT2D eigenvalue weighted by atomic mass is 79.9. The average molecular weight is 445 g/mol. The number of aromatic hydroxyl groups is 1. The number of aliphatic imine (C=N–C) groups is 1. The van der Waals surface area contributed by atoms with Crippen LogP contribution in [0.1, 0.15) is 57.9 Å². The lowest BCUT2D eigenvalue weighted by molar-refractivity contribution is -0.117. The molecule has 1 aromatic rings. The van der Waals surface area contributed by atoms with Gasteiger partial charge in [-0.1, -0.05) is 13.3 Å². The number of allylic oxidation sites excluding steroid dienone is 2. The van der Waals surface area contributed by atoms with Crippen LogP contribution in [0.4, 0.5) is 0 Å². The van der Waals surface area contributed by atoms with Crippen LogP contribution in [0.2, 0.25) is 0 Å². The largest absolute Gasteiger partial charge is 0.503 e. The zero-order valence-corrected chi connectivity index (χ0v) is 18.0. The number of halogens is 1. The van der Waals surface area contributed by atoms with Crippen molar-refractivity contribution in [1.82, 2.24) is 0 Å². The fourth-order valence-corrected chi connectivity index (χ4v) is 4.78. The Bertz CT molecular complexity index is 898. The van der Waals surface area contributed by atoms with Crippen molar-refractivity contribution < 1.29 is 14.6 Å². The van der Waals surface area contributed by atoms with E-state index in [1.807, 2.05) is 13.8 Å². The number of nitrogens with zero attached hydrogens (tertiary/aromatic N) is 2. The molecule has 6 heteroatoms. The molecule has 0 saturated heterocycles. The van der Waals surface area contributed by atoms with E-state index in [2.05, 4.69) is 33.9 Å². The molecule has 2 aliphatic rings. The molecule has 28 heavy (non-hydrogen) atoms. The maximum Gasteiger partial charge on any atom is 0.172 e. The zero-order valence-electron chi connectivity index (χ0n) is 16.5. The SMILES string of the molecule is CCC[C@@H]1CC(=O)C2=C(C1)N=C(C)C(C#N)[C@H]2c1cc(Br)c(O)c(OCC)c1. The van der Waals surface area contributed by atoms with Crippen LogP contribution >= 0.6 is 15.9 Å². The Morgan fingerprint density at radius 2 is 2.11 bits per heavy atom. The van der Waals surface area contributed by atoms with Crippen molar-refractivity contribution in [3.05, 3.63) is 33.4 Å². The molecule has 1 unspecified atom stereocenters. The third-order valence-corrected chi connectivity index (χ3v) is 6.12. The number of nitriles is 1. The first-order valence-corrected chi connectivity index (χ1v) is 10.6. The second kappa shape index (κ2) is 8.48. The molecule has 0 saturated carbocycles. The molecule has 0 fully saturated rings. The van der Waals surface area contributed by atoms with Gasteiger partial charge in [-0.05, 0) is 66.2 Å². The zero-order chi connectivity index (χ0) is 20.4. The molecule has 0 radical (unpaired) electrons. The highest BCUT2D eigenvalue weighted by Gasteiger charge is 2.41. The molecular formula is C22H25BrN2O3. The minimum Gasteiger partial charge on any atom is -0.503 e. The summed E-state index contributed by atoms with van der Waals surface area (Å²) >= 11 is 3.38. The third kappa shape index (κ3) is 3.73. The Kier molecular flexibility index (Phi) is 6.24. The number of ketones is 1.